The van der Waals surface area contributed by atoms with Crippen molar-refractivity contribution >= 4 is 28.5 Å². The van der Waals surface area contributed by atoms with Crippen LogP contribution >= 0.6 is 0 Å². The van der Waals surface area contributed by atoms with Crippen LogP contribution in [0.25, 0.3) is 10.8 Å². The Morgan fingerprint density at radius 3 is 2.57 bits per heavy atom. The molecule has 1 saturated heterocycles. The van der Waals surface area contributed by atoms with Crippen molar-refractivity contribution in [1.29, 1.82) is 0 Å². The van der Waals surface area contributed by atoms with Crippen molar-refractivity contribution in [1.82, 2.24) is 10.2 Å². The second-order valence-electron chi connectivity index (χ2n) is 7.25. The molecule has 0 radical (unpaired) electrons. The van der Waals surface area contributed by atoms with E-state index < -0.39 is 35.6 Å². The van der Waals surface area contributed by atoms with E-state index in [1.165, 1.54) is 19.2 Å². The number of ether oxygens (including phenoxy) is 1. The summed E-state index contributed by atoms with van der Waals surface area (Å²) in [5.74, 6) is -1.78. The third-order valence-electron chi connectivity index (χ3n) is 5.38. The molecule has 1 heterocycles. The molecule has 7 heteroatoms. The number of methoxy groups -OCH3 is 1. The minimum absolute atomic E-state index is 0.00470. The highest BCUT2D eigenvalue weighted by Gasteiger charge is 2.50. The van der Waals surface area contributed by atoms with Crippen LogP contribution in [0, 0.1) is 5.82 Å². The quantitative estimate of drug-likeness (QED) is 0.519. The number of nitrogens with zero attached hydrogens (tertiary/aromatic N) is 1. The molecule has 0 aromatic heterocycles. The molecule has 0 spiro atoms. The Bertz CT molecular complexity index is 1190. The van der Waals surface area contributed by atoms with Crippen molar-refractivity contribution in [3.8, 4) is 5.75 Å². The number of rotatable bonds is 5. The molecule has 0 aliphatic carbocycles. The molecule has 1 atom stereocenters. The summed E-state index contributed by atoms with van der Waals surface area (Å²) >= 11 is 0. The SMILES string of the molecule is COc1ccc(C(=O)CN2C(=O)N[C@](C)(c3cccc4ccccc34)C2=O)cc1F. The number of imide groups is 1. The highest BCUT2D eigenvalue weighted by molar-refractivity contribution is 6.12. The van der Waals surface area contributed by atoms with E-state index in [9.17, 15) is 18.8 Å². The molecule has 3 aromatic carbocycles. The summed E-state index contributed by atoms with van der Waals surface area (Å²) in [4.78, 5) is 39.3. The van der Waals surface area contributed by atoms with Crippen LogP contribution in [0.4, 0.5) is 9.18 Å². The second kappa shape index (κ2) is 7.26. The molecule has 3 amide bonds. The number of fused-ring (bicyclic) bond motifs is 1. The first-order valence-electron chi connectivity index (χ1n) is 9.34. The molecule has 1 fully saturated rings. The molecule has 6 nitrogen and oxygen atoms in total. The van der Waals surface area contributed by atoms with Gasteiger partial charge in [0.1, 0.15) is 5.54 Å². The monoisotopic (exact) mass is 406 g/mol. The number of urea groups is 1. The first kappa shape index (κ1) is 19.6. The fourth-order valence-electron chi connectivity index (χ4n) is 3.76. The van der Waals surface area contributed by atoms with E-state index in [2.05, 4.69) is 5.32 Å². The lowest BCUT2D eigenvalue weighted by molar-refractivity contribution is -0.130. The van der Waals surface area contributed by atoms with Crippen molar-refractivity contribution in [3.63, 3.8) is 0 Å². The first-order chi connectivity index (χ1) is 14.3. The Kier molecular flexibility index (Phi) is 4.73. The standard InChI is InChI=1S/C23H19FN2O4/c1-23(17-9-5-7-14-6-3-4-8-16(14)17)21(28)26(22(29)25-23)13-19(27)15-10-11-20(30-2)18(24)12-15/h3-12H,13H2,1-2H3,(H,25,29)/t23-/m1/s1. The smallest absolute Gasteiger partial charge is 0.325 e. The molecular formula is C23H19FN2O4. The Morgan fingerprint density at radius 2 is 1.83 bits per heavy atom. The summed E-state index contributed by atoms with van der Waals surface area (Å²) in [7, 11) is 1.32. The second-order valence-corrected chi connectivity index (χ2v) is 7.25. The number of carbonyl (C=O) groups excluding carboxylic acids is 3. The molecular weight excluding hydrogens is 387 g/mol. The van der Waals surface area contributed by atoms with E-state index >= 15 is 0 Å². The van der Waals surface area contributed by atoms with E-state index in [1.807, 2.05) is 36.4 Å². The van der Waals surface area contributed by atoms with Gasteiger partial charge >= 0.3 is 6.03 Å². The number of hydrogen-bond acceptors (Lipinski definition) is 4. The predicted octanol–water partition coefficient (Wildman–Crippen LogP) is 3.64. The Hall–Kier alpha value is -3.74. The van der Waals surface area contributed by atoms with E-state index in [0.717, 1.165) is 21.7 Å². The van der Waals surface area contributed by atoms with Crippen LogP contribution in [0.5, 0.6) is 5.75 Å². The van der Waals surface area contributed by atoms with Gasteiger partial charge in [-0.15, -0.1) is 0 Å². The van der Waals surface area contributed by atoms with E-state index in [0.29, 0.717) is 5.56 Å². The summed E-state index contributed by atoms with van der Waals surface area (Å²) in [5, 5.41) is 4.48. The summed E-state index contributed by atoms with van der Waals surface area (Å²) in [6.45, 7) is 1.13. The molecule has 0 bridgehead atoms. The number of carbonyl (C=O) groups is 3. The van der Waals surface area contributed by atoms with Gasteiger partial charge in [0.05, 0.1) is 13.7 Å². The maximum absolute atomic E-state index is 13.9. The van der Waals surface area contributed by atoms with Crippen LogP contribution in [0.2, 0.25) is 0 Å². The largest absolute Gasteiger partial charge is 0.494 e. The molecule has 3 aromatic rings. The highest BCUT2D eigenvalue weighted by Crippen LogP contribution is 2.34. The van der Waals surface area contributed by atoms with E-state index in [-0.39, 0.29) is 11.3 Å². The predicted molar refractivity (Wildman–Crippen MR) is 109 cm³/mol. The van der Waals surface area contributed by atoms with Gasteiger partial charge in [0.2, 0.25) is 0 Å². The van der Waals surface area contributed by atoms with Crippen LogP contribution in [0.1, 0.15) is 22.8 Å². The van der Waals surface area contributed by atoms with Crippen LogP contribution in [-0.4, -0.2) is 36.3 Å². The third kappa shape index (κ3) is 3.08. The molecule has 1 N–H and O–H groups in total. The van der Waals surface area contributed by atoms with Crippen molar-refractivity contribution in [2.24, 2.45) is 0 Å². The van der Waals surface area contributed by atoms with Gasteiger partial charge in [-0.2, -0.15) is 0 Å². The average Bonchev–Trinajstić information content (AvgIpc) is 2.97. The molecule has 0 unspecified atom stereocenters. The summed E-state index contributed by atoms with van der Waals surface area (Å²) in [6, 6.07) is 16.2. The minimum Gasteiger partial charge on any atom is -0.494 e. The van der Waals surface area contributed by atoms with Crippen LogP contribution in [0.3, 0.4) is 0 Å². The Labute approximate surface area is 172 Å². The van der Waals surface area contributed by atoms with Crippen LogP contribution in [0.15, 0.2) is 60.7 Å². The zero-order valence-electron chi connectivity index (χ0n) is 16.4. The number of hydrogen-bond donors (Lipinski definition) is 1. The van der Waals surface area contributed by atoms with E-state index in [1.54, 1.807) is 13.0 Å². The first-order valence-corrected chi connectivity index (χ1v) is 9.34. The lowest BCUT2D eigenvalue weighted by atomic mass is 9.88. The number of amides is 3. The summed E-state index contributed by atoms with van der Waals surface area (Å²) in [6.07, 6.45) is 0. The van der Waals surface area contributed by atoms with Gasteiger partial charge in [-0.1, -0.05) is 42.5 Å². The molecule has 1 aliphatic rings. The van der Waals surface area contributed by atoms with Gasteiger partial charge in [0, 0.05) is 5.56 Å². The molecule has 4 rings (SSSR count). The van der Waals surface area contributed by atoms with Gasteiger partial charge < -0.3 is 10.1 Å². The molecule has 152 valence electrons. The minimum atomic E-state index is -1.32. The Morgan fingerprint density at radius 1 is 1.10 bits per heavy atom. The Balaban J connectivity index is 1.64. The number of nitrogens with one attached hydrogen (secondary N) is 1. The average molecular weight is 406 g/mol. The molecule has 30 heavy (non-hydrogen) atoms. The van der Waals surface area contributed by atoms with Crippen LogP contribution < -0.4 is 10.1 Å². The zero-order valence-corrected chi connectivity index (χ0v) is 16.4. The summed E-state index contributed by atoms with van der Waals surface area (Å²) < 4.78 is 18.8. The van der Waals surface area contributed by atoms with Crippen LogP contribution in [-0.2, 0) is 10.3 Å². The van der Waals surface area contributed by atoms with Crippen molar-refractivity contribution in [3.05, 3.63) is 77.6 Å². The van der Waals surface area contributed by atoms with Gasteiger partial charge in [-0.05, 0) is 41.5 Å². The number of ketones is 1. The lowest BCUT2D eigenvalue weighted by Crippen LogP contribution is -2.41. The third-order valence-corrected chi connectivity index (χ3v) is 5.38. The summed E-state index contributed by atoms with van der Waals surface area (Å²) in [5.41, 5.74) is -0.624. The topological polar surface area (TPSA) is 75.7 Å². The molecule has 0 saturated carbocycles. The van der Waals surface area contributed by atoms with Crippen molar-refractivity contribution in [2.75, 3.05) is 13.7 Å². The van der Waals surface area contributed by atoms with Crippen molar-refractivity contribution < 1.29 is 23.5 Å². The number of halogens is 1. The van der Waals surface area contributed by atoms with Gasteiger partial charge in [-0.3, -0.25) is 14.5 Å². The van der Waals surface area contributed by atoms with E-state index in [4.69, 9.17) is 4.74 Å². The fraction of sp³-hybridized carbons (Fsp3) is 0.174. The number of Topliss-reactive ketones (excluding diaryl/α,β-unsaturated/α-hetero) is 1. The lowest BCUT2D eigenvalue weighted by Gasteiger charge is -2.24. The van der Waals surface area contributed by atoms with Gasteiger partial charge in [0.15, 0.2) is 17.3 Å². The van der Waals surface area contributed by atoms with Gasteiger partial charge in [0.25, 0.3) is 5.91 Å². The normalized spacial score (nSPS) is 18.6. The van der Waals surface area contributed by atoms with Gasteiger partial charge in [-0.25, -0.2) is 9.18 Å². The maximum atomic E-state index is 13.9. The zero-order chi connectivity index (χ0) is 21.5. The fourth-order valence-corrected chi connectivity index (χ4v) is 3.76. The molecule has 1 aliphatic heterocycles. The van der Waals surface area contributed by atoms with Crippen molar-refractivity contribution in [2.45, 2.75) is 12.5 Å². The number of benzene rings is 3. The maximum Gasteiger partial charge on any atom is 0.325 e. The highest BCUT2D eigenvalue weighted by atomic mass is 19.1.